The van der Waals surface area contributed by atoms with E-state index in [4.69, 9.17) is 20.0 Å². The molecule has 0 saturated carbocycles. The minimum absolute atomic E-state index is 0.0642. The molecule has 2 atom stereocenters. The first-order valence-corrected chi connectivity index (χ1v) is 9.67. The Morgan fingerprint density at radius 3 is 2.72 bits per heavy atom. The summed E-state index contributed by atoms with van der Waals surface area (Å²) >= 11 is 1.36. The maximum absolute atomic E-state index is 11.8. The number of hydrogen-bond donors (Lipinski definition) is 1. The molecule has 29 heavy (non-hydrogen) atoms. The van der Waals surface area contributed by atoms with Crippen molar-refractivity contribution in [1.82, 2.24) is 14.6 Å². The molecular weight excluding hydrogens is 408 g/mol. The second kappa shape index (κ2) is 9.05. The first kappa shape index (κ1) is 20.8. The zero-order chi connectivity index (χ0) is 21.0. The lowest BCUT2D eigenvalue weighted by atomic mass is 10.3. The van der Waals surface area contributed by atoms with Crippen molar-refractivity contribution in [2.24, 2.45) is 0 Å². The summed E-state index contributed by atoms with van der Waals surface area (Å²) < 4.78 is 12.0. The number of aromatic nitrogens is 2. The molecule has 156 valence electrons. The number of hydrogen-bond acceptors (Lipinski definition) is 11. The van der Waals surface area contributed by atoms with E-state index in [9.17, 15) is 24.0 Å². The largest absolute Gasteiger partial charge is 0.462 e. The van der Waals surface area contributed by atoms with Crippen LogP contribution in [0, 0.1) is 0 Å². The lowest BCUT2D eigenvalue weighted by Gasteiger charge is -2.15. The highest BCUT2D eigenvalue weighted by atomic mass is 32.2. The van der Waals surface area contributed by atoms with Crippen molar-refractivity contribution in [2.75, 3.05) is 24.6 Å². The molecule has 2 saturated heterocycles. The van der Waals surface area contributed by atoms with Crippen LogP contribution < -0.4 is 11.4 Å². The first-order valence-electron chi connectivity index (χ1n) is 8.62. The predicted octanol–water partition coefficient (Wildman–Crippen LogP) is -1.00. The normalized spacial score (nSPS) is 21.4. The molecule has 2 aliphatic heterocycles. The van der Waals surface area contributed by atoms with E-state index in [-0.39, 0.29) is 44.0 Å². The Labute approximate surface area is 168 Å². The lowest BCUT2D eigenvalue weighted by molar-refractivity contribution is -0.193. The molecule has 0 unspecified atom stereocenters. The van der Waals surface area contributed by atoms with Gasteiger partial charge in [0.1, 0.15) is 30.6 Å². The zero-order valence-electron chi connectivity index (χ0n) is 15.1. The van der Waals surface area contributed by atoms with Crippen molar-refractivity contribution in [3.05, 3.63) is 22.7 Å². The van der Waals surface area contributed by atoms with Gasteiger partial charge in [-0.25, -0.2) is 9.59 Å². The van der Waals surface area contributed by atoms with Crippen LogP contribution in [0.3, 0.4) is 0 Å². The summed E-state index contributed by atoms with van der Waals surface area (Å²) in [5, 5.41) is 0.688. The molecule has 3 heterocycles. The van der Waals surface area contributed by atoms with Crippen molar-refractivity contribution in [3.8, 4) is 0 Å². The van der Waals surface area contributed by atoms with Gasteiger partial charge in [-0.3, -0.25) is 19.0 Å². The van der Waals surface area contributed by atoms with Gasteiger partial charge in [-0.05, 0) is 6.07 Å². The summed E-state index contributed by atoms with van der Waals surface area (Å²) in [6, 6.07) is 1.48. The fraction of sp³-hybridized carbons (Fsp3) is 0.500. The van der Waals surface area contributed by atoms with Gasteiger partial charge in [-0.15, -0.1) is 11.8 Å². The molecule has 1 aromatic rings. The van der Waals surface area contributed by atoms with Crippen molar-refractivity contribution in [1.29, 1.82) is 0 Å². The van der Waals surface area contributed by atoms with Crippen molar-refractivity contribution in [3.63, 3.8) is 0 Å². The van der Waals surface area contributed by atoms with Crippen LogP contribution >= 0.6 is 11.8 Å². The Kier molecular flexibility index (Phi) is 6.49. The second-order valence-corrected chi connectivity index (χ2v) is 7.38. The number of nitrogen functional groups attached to an aromatic ring is 1. The Morgan fingerprint density at radius 1 is 1.28 bits per heavy atom. The number of hydroxylamine groups is 2. The Hall–Kier alpha value is -2.93. The van der Waals surface area contributed by atoms with E-state index < -0.39 is 35.2 Å². The molecule has 2 fully saturated rings. The minimum atomic E-state index is -0.813. The SMILES string of the molecule is Nc1ccn([C@@H]2CS[C@H](COC(=O)CCC(=O)ON3CC(=O)CC3=O)O2)c(=O)n1. The van der Waals surface area contributed by atoms with Crippen molar-refractivity contribution < 1.29 is 33.5 Å². The maximum atomic E-state index is 11.8. The van der Waals surface area contributed by atoms with E-state index in [1.807, 2.05) is 0 Å². The second-order valence-electron chi connectivity index (χ2n) is 6.19. The quantitative estimate of drug-likeness (QED) is 0.420. The molecule has 1 aromatic heterocycles. The molecule has 0 aromatic carbocycles. The first-order chi connectivity index (χ1) is 13.8. The number of Topliss-reactive ketones (excluding diaryl/α,β-unsaturated/α-hetero) is 1. The number of nitrogens with zero attached hydrogens (tertiary/aromatic N) is 3. The number of ketones is 1. The van der Waals surface area contributed by atoms with Crippen LogP contribution in [-0.4, -0.2) is 62.6 Å². The molecule has 3 rings (SSSR count). The summed E-state index contributed by atoms with van der Waals surface area (Å²) in [5.41, 5.74) is 4.43. The molecule has 0 bridgehead atoms. The van der Waals surface area contributed by atoms with Gasteiger partial charge in [-0.1, -0.05) is 0 Å². The van der Waals surface area contributed by atoms with Gasteiger partial charge >= 0.3 is 17.6 Å². The van der Waals surface area contributed by atoms with Crippen molar-refractivity contribution in [2.45, 2.75) is 30.9 Å². The number of ether oxygens (including phenoxy) is 2. The average molecular weight is 426 g/mol. The van der Waals surface area contributed by atoms with Crippen LogP contribution in [0.2, 0.25) is 0 Å². The number of anilines is 1. The van der Waals surface area contributed by atoms with Crippen LogP contribution in [0.5, 0.6) is 0 Å². The molecule has 2 aliphatic rings. The number of amides is 1. The van der Waals surface area contributed by atoms with Crippen LogP contribution in [0.15, 0.2) is 17.1 Å². The summed E-state index contributed by atoms with van der Waals surface area (Å²) in [5.74, 6) is -1.82. The monoisotopic (exact) mass is 426 g/mol. The van der Waals surface area contributed by atoms with Gasteiger partial charge < -0.3 is 20.0 Å². The van der Waals surface area contributed by atoms with Crippen LogP contribution in [0.1, 0.15) is 25.5 Å². The third-order valence-electron chi connectivity index (χ3n) is 3.97. The van der Waals surface area contributed by atoms with E-state index >= 15 is 0 Å². The Bertz CT molecular complexity index is 888. The summed E-state index contributed by atoms with van der Waals surface area (Å²) in [6.45, 7) is -0.343. The van der Waals surface area contributed by atoms with E-state index in [0.29, 0.717) is 10.8 Å². The number of carbonyl (C=O) groups excluding carboxylic acids is 4. The average Bonchev–Trinajstić information content (AvgIpc) is 3.24. The Balaban J connectivity index is 1.36. The fourth-order valence-corrected chi connectivity index (χ4v) is 3.56. The van der Waals surface area contributed by atoms with Gasteiger partial charge in [0.05, 0.1) is 19.3 Å². The van der Waals surface area contributed by atoms with E-state index in [0.717, 1.165) is 0 Å². The molecule has 2 N–H and O–H groups in total. The van der Waals surface area contributed by atoms with E-state index in [1.54, 1.807) is 0 Å². The highest BCUT2D eigenvalue weighted by Crippen LogP contribution is 2.31. The molecule has 0 radical (unpaired) electrons. The van der Waals surface area contributed by atoms with Gasteiger partial charge in [0.25, 0.3) is 5.91 Å². The molecule has 13 heteroatoms. The zero-order valence-corrected chi connectivity index (χ0v) is 16.0. The van der Waals surface area contributed by atoms with E-state index in [2.05, 4.69) is 4.98 Å². The number of carbonyl (C=O) groups is 4. The summed E-state index contributed by atoms with van der Waals surface area (Å²) in [4.78, 5) is 66.1. The third-order valence-corrected chi connectivity index (χ3v) is 5.06. The predicted molar refractivity (Wildman–Crippen MR) is 96.9 cm³/mol. The number of nitrogens with two attached hydrogens (primary N) is 1. The standard InChI is InChI=1S/C16H18N4O8S/c17-10-3-4-19(16(25)18-10)12-8-29-15(27-12)7-26-13(23)1-2-14(24)28-20-6-9(21)5-11(20)22/h3-4,12,15H,1-2,5-8H2,(H2,17,18,25)/t12-,15+/m0/s1. The van der Waals surface area contributed by atoms with Crippen molar-refractivity contribution >= 4 is 41.2 Å². The van der Waals surface area contributed by atoms with E-state index in [1.165, 1.54) is 28.6 Å². The molecule has 0 spiro atoms. The molecular formula is C16H18N4O8S. The van der Waals surface area contributed by atoms with Gasteiger partial charge in [-0.2, -0.15) is 10.0 Å². The molecule has 1 amide bonds. The third kappa shape index (κ3) is 5.54. The Morgan fingerprint density at radius 2 is 2.03 bits per heavy atom. The maximum Gasteiger partial charge on any atom is 0.351 e. The highest BCUT2D eigenvalue weighted by Gasteiger charge is 2.31. The number of rotatable bonds is 7. The van der Waals surface area contributed by atoms with Gasteiger partial charge in [0, 0.05) is 11.9 Å². The molecule has 0 aliphatic carbocycles. The van der Waals surface area contributed by atoms with Crippen LogP contribution in [0.25, 0.3) is 0 Å². The topological polar surface area (TPSA) is 160 Å². The van der Waals surface area contributed by atoms with Crippen LogP contribution in [-0.2, 0) is 33.5 Å². The lowest BCUT2D eigenvalue weighted by Crippen LogP contribution is -2.29. The summed E-state index contributed by atoms with van der Waals surface area (Å²) in [6.07, 6.45) is 0.0735. The van der Waals surface area contributed by atoms with Crippen LogP contribution in [0.4, 0.5) is 5.82 Å². The smallest absolute Gasteiger partial charge is 0.351 e. The number of thioether (sulfide) groups is 1. The molecule has 12 nitrogen and oxygen atoms in total. The van der Waals surface area contributed by atoms with Gasteiger partial charge in [0.15, 0.2) is 5.78 Å². The summed E-state index contributed by atoms with van der Waals surface area (Å²) in [7, 11) is 0. The van der Waals surface area contributed by atoms with Gasteiger partial charge in [0.2, 0.25) is 0 Å². The minimum Gasteiger partial charge on any atom is -0.462 e. The highest BCUT2D eigenvalue weighted by molar-refractivity contribution is 8.00. The fourth-order valence-electron chi connectivity index (χ4n) is 2.57. The number of esters is 1.